The third-order valence-electron chi connectivity index (χ3n) is 5.13. The zero-order valence-electron chi connectivity index (χ0n) is 15.8. The summed E-state index contributed by atoms with van der Waals surface area (Å²) in [6.45, 7) is 1.87. The number of aryl methyl sites for hydroxylation is 1. The van der Waals surface area contributed by atoms with Crippen LogP contribution in [0.3, 0.4) is 0 Å². The number of carbonyl (C=O) groups excluding carboxylic acids is 1. The van der Waals surface area contributed by atoms with Gasteiger partial charge in [0.1, 0.15) is 0 Å². The molecule has 1 N–H and O–H groups in total. The molecule has 2 aromatic rings. The van der Waals surface area contributed by atoms with Crippen molar-refractivity contribution in [3.8, 4) is 0 Å². The number of hydrogen-bond acceptors (Lipinski definition) is 1. The second-order valence-corrected chi connectivity index (χ2v) is 7.28. The van der Waals surface area contributed by atoms with Gasteiger partial charge in [-0.15, -0.1) is 5.69 Å². The molecule has 0 saturated heterocycles. The summed E-state index contributed by atoms with van der Waals surface area (Å²) < 4.78 is 39.1. The summed E-state index contributed by atoms with van der Waals surface area (Å²) in [5, 5.41) is 7.47. The second-order valence-electron chi connectivity index (χ2n) is 7.28. The fourth-order valence-electron chi connectivity index (χ4n) is 3.60. The van der Waals surface area contributed by atoms with E-state index in [1.54, 1.807) is 6.07 Å². The van der Waals surface area contributed by atoms with Crippen molar-refractivity contribution in [1.82, 2.24) is 5.32 Å². The maximum absolute atomic E-state index is 13.0. The van der Waals surface area contributed by atoms with Gasteiger partial charge in [0.25, 0.3) is 0 Å². The molecule has 2 aromatic carbocycles. The fraction of sp³-hybridized carbons (Fsp3) is 0.409. The molecule has 6 heteroatoms. The Balaban J connectivity index is 1.86. The van der Waals surface area contributed by atoms with Crippen LogP contribution in [-0.2, 0) is 11.0 Å². The van der Waals surface area contributed by atoms with Gasteiger partial charge in [-0.25, -0.2) is 0 Å². The average Bonchev–Trinajstić information content (AvgIpc) is 2.67. The predicted octanol–water partition coefficient (Wildman–Crippen LogP) is 6.21. The largest absolute Gasteiger partial charge is 0.670 e. The molecule has 28 heavy (non-hydrogen) atoms. The topological polar surface area (TPSA) is 43.2 Å². The van der Waals surface area contributed by atoms with Gasteiger partial charge >= 0.3 is 6.18 Å². The Morgan fingerprint density at radius 3 is 2.46 bits per heavy atom. The number of hydrogen-bond donors (Lipinski definition) is 1. The lowest BCUT2D eigenvalue weighted by atomic mass is 9.94. The third kappa shape index (κ3) is 5.06. The summed E-state index contributed by atoms with van der Waals surface area (Å²) in [6, 6.07) is 11.4. The number of benzene rings is 2. The monoisotopic (exact) mass is 389 g/mol. The minimum atomic E-state index is -4.45. The van der Waals surface area contributed by atoms with Crippen molar-refractivity contribution >= 4 is 11.6 Å². The molecule has 0 aliphatic heterocycles. The lowest BCUT2D eigenvalue weighted by Gasteiger charge is -2.35. The van der Waals surface area contributed by atoms with Gasteiger partial charge in [-0.05, 0) is 31.4 Å². The van der Waals surface area contributed by atoms with Crippen LogP contribution in [0.5, 0.6) is 0 Å². The zero-order valence-corrected chi connectivity index (χ0v) is 15.8. The molecule has 1 unspecified atom stereocenters. The van der Waals surface area contributed by atoms with E-state index in [1.165, 1.54) is 18.6 Å². The van der Waals surface area contributed by atoms with E-state index in [4.69, 9.17) is 0 Å². The van der Waals surface area contributed by atoms with E-state index in [0.29, 0.717) is 5.56 Å². The van der Waals surface area contributed by atoms with Crippen molar-refractivity contribution in [2.75, 3.05) is 0 Å². The van der Waals surface area contributed by atoms with Crippen LogP contribution in [0.25, 0.3) is 5.32 Å². The highest BCUT2D eigenvalue weighted by atomic mass is 19.4. The van der Waals surface area contributed by atoms with Gasteiger partial charge < -0.3 is 10.6 Å². The van der Waals surface area contributed by atoms with Gasteiger partial charge in [-0.1, -0.05) is 73.4 Å². The van der Waals surface area contributed by atoms with E-state index in [2.05, 4.69) is 10.6 Å². The van der Waals surface area contributed by atoms with Crippen LogP contribution in [0.1, 0.15) is 54.8 Å². The van der Waals surface area contributed by atoms with Gasteiger partial charge in [0.2, 0.25) is 5.91 Å². The van der Waals surface area contributed by atoms with Crippen LogP contribution in [0, 0.1) is 6.92 Å². The molecule has 0 radical (unpaired) electrons. The van der Waals surface area contributed by atoms with Gasteiger partial charge in [0.15, 0.2) is 0 Å². The quantitative estimate of drug-likeness (QED) is 0.649. The van der Waals surface area contributed by atoms with Gasteiger partial charge in [0, 0.05) is 6.04 Å². The third-order valence-corrected chi connectivity index (χ3v) is 5.13. The number of rotatable bonds is 5. The molecule has 0 spiro atoms. The normalized spacial score (nSPS) is 16.4. The first-order chi connectivity index (χ1) is 13.3. The zero-order chi connectivity index (χ0) is 20.1. The van der Waals surface area contributed by atoms with E-state index in [0.717, 1.165) is 43.4 Å². The average molecular weight is 389 g/mol. The van der Waals surface area contributed by atoms with E-state index in [-0.39, 0.29) is 17.6 Å². The summed E-state index contributed by atoms with van der Waals surface area (Å²) in [6.07, 6.45) is 0.720. The Morgan fingerprint density at radius 1 is 1.07 bits per heavy atom. The van der Waals surface area contributed by atoms with Crippen LogP contribution >= 0.6 is 0 Å². The van der Waals surface area contributed by atoms with Crippen molar-refractivity contribution in [3.63, 3.8) is 0 Å². The summed E-state index contributed by atoms with van der Waals surface area (Å²) in [5.41, 5.74) is 0.946. The molecule has 1 amide bonds. The molecule has 3 nitrogen and oxygen atoms in total. The SMILES string of the molecule is Cc1ccccc1C([N-]c1cccc(C(F)(F)F)c1)C(=O)NC1CCCCC1. The highest BCUT2D eigenvalue weighted by Gasteiger charge is 2.30. The molecular formula is C22H24F3N2O-. The summed E-state index contributed by atoms with van der Waals surface area (Å²) in [4.78, 5) is 13.0. The Bertz CT molecular complexity index is 813. The highest BCUT2D eigenvalue weighted by molar-refractivity contribution is 5.88. The molecule has 0 heterocycles. The Kier molecular flexibility index (Phi) is 6.27. The first kappa shape index (κ1) is 20.2. The van der Waals surface area contributed by atoms with Crippen molar-refractivity contribution in [2.24, 2.45) is 0 Å². The second kappa shape index (κ2) is 8.67. The van der Waals surface area contributed by atoms with Crippen molar-refractivity contribution < 1.29 is 18.0 Å². The molecule has 1 aliphatic rings. The fourth-order valence-corrected chi connectivity index (χ4v) is 3.60. The minimum Gasteiger partial charge on any atom is -0.670 e. The number of halogens is 3. The van der Waals surface area contributed by atoms with E-state index in [1.807, 2.05) is 25.1 Å². The molecule has 0 bridgehead atoms. The number of nitrogens with one attached hydrogen (secondary N) is 1. The van der Waals surface area contributed by atoms with Gasteiger partial charge in [0.05, 0.1) is 5.56 Å². The lowest BCUT2D eigenvalue weighted by Crippen LogP contribution is -2.39. The number of amides is 1. The lowest BCUT2D eigenvalue weighted by molar-refractivity contribution is -0.137. The number of alkyl halides is 3. The van der Waals surface area contributed by atoms with E-state index in [9.17, 15) is 18.0 Å². The van der Waals surface area contributed by atoms with Crippen molar-refractivity contribution in [1.29, 1.82) is 0 Å². The van der Waals surface area contributed by atoms with Crippen molar-refractivity contribution in [3.05, 3.63) is 70.5 Å². The van der Waals surface area contributed by atoms with Crippen LogP contribution in [0.2, 0.25) is 0 Å². The molecule has 3 rings (SSSR count). The number of carbonyl (C=O) groups is 1. The predicted molar refractivity (Wildman–Crippen MR) is 103 cm³/mol. The van der Waals surface area contributed by atoms with Crippen LogP contribution in [0.4, 0.5) is 18.9 Å². The standard InChI is InChI=1S/C22H24F3N2O/c1-15-8-5-6-13-19(15)20(21(28)27-17-10-3-2-4-11-17)26-18-12-7-9-16(14-18)22(23,24)25/h5-9,12-14,17,20H,2-4,10-11H2,1H3,(H,27,28)/q-1. The summed E-state index contributed by atoms with van der Waals surface area (Å²) >= 11 is 0. The van der Waals surface area contributed by atoms with E-state index < -0.39 is 17.8 Å². The first-order valence-corrected chi connectivity index (χ1v) is 9.58. The van der Waals surface area contributed by atoms with Crippen LogP contribution < -0.4 is 5.32 Å². The highest BCUT2D eigenvalue weighted by Crippen LogP contribution is 2.37. The number of nitrogens with zero attached hydrogens (tertiary/aromatic N) is 1. The molecule has 1 aliphatic carbocycles. The Labute approximate surface area is 163 Å². The van der Waals surface area contributed by atoms with Crippen molar-refractivity contribution in [2.45, 2.75) is 57.3 Å². The van der Waals surface area contributed by atoms with Gasteiger partial charge in [-0.2, -0.15) is 13.2 Å². The molecule has 1 fully saturated rings. The maximum Gasteiger partial charge on any atom is 0.416 e. The Morgan fingerprint density at radius 2 is 1.79 bits per heavy atom. The maximum atomic E-state index is 13.0. The molecule has 1 atom stereocenters. The van der Waals surface area contributed by atoms with Gasteiger partial charge in [-0.3, -0.25) is 4.79 Å². The molecule has 0 aromatic heterocycles. The summed E-state index contributed by atoms with van der Waals surface area (Å²) in [7, 11) is 0. The molecule has 1 saturated carbocycles. The molecule has 150 valence electrons. The Hall–Kier alpha value is -2.50. The summed E-state index contributed by atoms with van der Waals surface area (Å²) in [5.74, 6) is -0.265. The smallest absolute Gasteiger partial charge is 0.416 e. The molecular weight excluding hydrogens is 365 g/mol. The minimum absolute atomic E-state index is 0.101. The van der Waals surface area contributed by atoms with E-state index >= 15 is 0 Å². The first-order valence-electron chi connectivity index (χ1n) is 9.58. The van der Waals surface area contributed by atoms with Crippen LogP contribution in [0.15, 0.2) is 48.5 Å². The van der Waals surface area contributed by atoms with Crippen LogP contribution in [-0.4, -0.2) is 11.9 Å².